The van der Waals surface area contributed by atoms with Gasteiger partial charge in [0.1, 0.15) is 0 Å². The Morgan fingerprint density at radius 2 is 1.59 bits per heavy atom. The van der Waals surface area contributed by atoms with Crippen molar-refractivity contribution in [1.29, 1.82) is 0 Å². The largest absolute Gasteiger partial charge is 0.345 e. The summed E-state index contributed by atoms with van der Waals surface area (Å²) in [6, 6.07) is 11.8. The number of nitrogens with zero attached hydrogens (tertiary/aromatic N) is 3. The average molecular weight is 497 g/mol. The first-order chi connectivity index (χ1) is 15.1. The average Bonchev–Trinajstić information content (AvgIpc) is 3.21. The maximum atomic E-state index is 12.5. The molecule has 1 aliphatic heterocycles. The summed E-state index contributed by atoms with van der Waals surface area (Å²) in [7, 11) is 3.53. The number of aromatic nitrogens is 1. The van der Waals surface area contributed by atoms with Crippen LogP contribution in [0.25, 0.3) is 0 Å². The maximum absolute atomic E-state index is 12.5. The highest BCUT2D eigenvalue weighted by Gasteiger charge is 2.42. The molecule has 1 saturated carbocycles. The highest BCUT2D eigenvalue weighted by molar-refractivity contribution is 6.77. The van der Waals surface area contributed by atoms with Gasteiger partial charge < -0.3 is 9.47 Å². The van der Waals surface area contributed by atoms with E-state index in [-0.39, 0.29) is 11.4 Å². The molecule has 0 N–H and O–H groups in total. The van der Waals surface area contributed by atoms with Gasteiger partial charge in [0, 0.05) is 50.5 Å². The molecule has 32 heavy (non-hydrogen) atoms. The summed E-state index contributed by atoms with van der Waals surface area (Å²) in [5, 5.41) is 0. The van der Waals surface area contributed by atoms with E-state index in [4.69, 9.17) is 34.8 Å². The van der Waals surface area contributed by atoms with Gasteiger partial charge in [-0.05, 0) is 42.7 Å². The second-order valence-electron chi connectivity index (χ2n) is 8.98. The normalized spacial score (nSPS) is 18.8. The molecule has 172 valence electrons. The number of hydrogen-bond donors (Lipinski definition) is 0. The number of rotatable bonds is 4. The molecule has 0 unspecified atom stereocenters. The molecule has 2 aliphatic rings. The summed E-state index contributed by atoms with van der Waals surface area (Å²) in [5.74, 6) is -0.480. The zero-order valence-corrected chi connectivity index (χ0v) is 20.7. The summed E-state index contributed by atoms with van der Waals surface area (Å²) in [6.07, 6.45) is 5.74. The number of fused-ring (bicyclic) bond motifs is 1. The molecule has 1 aromatic carbocycles. The third kappa shape index (κ3) is 4.33. The minimum atomic E-state index is -1.96. The molecule has 1 amide bonds. The van der Waals surface area contributed by atoms with E-state index >= 15 is 0 Å². The van der Waals surface area contributed by atoms with Crippen molar-refractivity contribution in [3.63, 3.8) is 0 Å². The van der Waals surface area contributed by atoms with Gasteiger partial charge in [-0.15, -0.1) is 0 Å². The lowest BCUT2D eigenvalue weighted by Gasteiger charge is -2.49. The van der Waals surface area contributed by atoms with Crippen molar-refractivity contribution in [3.05, 3.63) is 58.9 Å². The van der Waals surface area contributed by atoms with Crippen LogP contribution in [0.1, 0.15) is 64.2 Å². The van der Waals surface area contributed by atoms with Crippen molar-refractivity contribution in [2.45, 2.75) is 54.5 Å². The van der Waals surface area contributed by atoms with Crippen LogP contribution in [0.3, 0.4) is 0 Å². The van der Waals surface area contributed by atoms with Crippen LogP contribution in [0.2, 0.25) is 0 Å². The SMILES string of the molecule is CN(C)C(=O)c1ccc(C2(N3CCn4c(ccc4C(=O)C(Cl)(Cl)Cl)C3)CCCCC2)cc1. The van der Waals surface area contributed by atoms with Crippen molar-refractivity contribution in [2.24, 2.45) is 0 Å². The first-order valence-electron chi connectivity index (χ1n) is 11.0. The summed E-state index contributed by atoms with van der Waals surface area (Å²) >= 11 is 17.6. The monoisotopic (exact) mass is 495 g/mol. The molecule has 1 aliphatic carbocycles. The molecular weight excluding hydrogens is 469 g/mol. The second-order valence-corrected chi connectivity index (χ2v) is 11.3. The van der Waals surface area contributed by atoms with Gasteiger partial charge in [-0.2, -0.15) is 0 Å². The van der Waals surface area contributed by atoms with Crippen LogP contribution in [-0.2, 0) is 18.6 Å². The summed E-state index contributed by atoms with van der Waals surface area (Å²) in [4.78, 5) is 29.0. The molecule has 0 spiro atoms. The van der Waals surface area contributed by atoms with Crippen molar-refractivity contribution in [1.82, 2.24) is 14.4 Å². The van der Waals surface area contributed by atoms with E-state index in [1.165, 1.54) is 24.8 Å². The number of benzene rings is 1. The van der Waals surface area contributed by atoms with E-state index in [1.54, 1.807) is 25.1 Å². The second kappa shape index (κ2) is 9.02. The number of carbonyl (C=O) groups excluding carboxylic acids is 2. The van der Waals surface area contributed by atoms with Crippen molar-refractivity contribution in [3.8, 4) is 0 Å². The van der Waals surface area contributed by atoms with Crippen LogP contribution in [0.15, 0.2) is 36.4 Å². The van der Waals surface area contributed by atoms with Crippen LogP contribution in [0.4, 0.5) is 0 Å². The van der Waals surface area contributed by atoms with E-state index in [2.05, 4.69) is 17.0 Å². The molecule has 0 saturated heterocycles. The Kier molecular flexibility index (Phi) is 6.66. The first kappa shape index (κ1) is 23.6. The lowest BCUT2D eigenvalue weighted by Crippen LogP contribution is -2.50. The van der Waals surface area contributed by atoms with E-state index < -0.39 is 9.58 Å². The lowest BCUT2D eigenvalue weighted by atomic mass is 9.74. The van der Waals surface area contributed by atoms with Crippen LogP contribution >= 0.6 is 34.8 Å². The number of ketones is 1. The highest BCUT2D eigenvalue weighted by Crippen LogP contribution is 2.44. The van der Waals surface area contributed by atoms with Crippen molar-refractivity contribution in [2.75, 3.05) is 20.6 Å². The van der Waals surface area contributed by atoms with E-state index in [0.717, 1.165) is 31.6 Å². The van der Waals surface area contributed by atoms with Gasteiger partial charge in [0.05, 0.1) is 5.69 Å². The standard InChI is InChI=1S/C24H28Cl3N3O2/c1-28(2)22(32)17-6-8-18(9-7-17)23(12-4-3-5-13-23)29-14-15-30-19(16-29)10-11-20(30)21(31)24(25,26)27/h6-11H,3-5,12-16H2,1-2H3. The number of halogens is 3. The maximum Gasteiger partial charge on any atom is 0.255 e. The Balaban J connectivity index is 1.64. The molecule has 2 aromatic rings. The Morgan fingerprint density at radius 1 is 0.938 bits per heavy atom. The molecule has 5 nitrogen and oxygen atoms in total. The molecule has 0 radical (unpaired) electrons. The molecular formula is C24H28Cl3N3O2. The Morgan fingerprint density at radius 3 is 2.19 bits per heavy atom. The number of alkyl halides is 3. The fraction of sp³-hybridized carbons (Fsp3) is 0.500. The predicted octanol–water partition coefficient (Wildman–Crippen LogP) is 5.42. The Bertz CT molecular complexity index is 1000. The first-order valence-corrected chi connectivity index (χ1v) is 12.1. The molecule has 1 fully saturated rings. The van der Waals surface area contributed by atoms with Crippen LogP contribution in [0.5, 0.6) is 0 Å². The number of carbonyl (C=O) groups is 2. The fourth-order valence-electron chi connectivity index (χ4n) is 5.22. The van der Waals surface area contributed by atoms with Gasteiger partial charge in [0.15, 0.2) is 0 Å². The van der Waals surface area contributed by atoms with Gasteiger partial charge in [-0.1, -0.05) is 66.2 Å². The summed E-state index contributed by atoms with van der Waals surface area (Å²) in [6.45, 7) is 2.20. The minimum absolute atomic E-state index is 0.0104. The minimum Gasteiger partial charge on any atom is -0.345 e. The zero-order chi connectivity index (χ0) is 23.1. The van der Waals surface area contributed by atoms with E-state index in [0.29, 0.717) is 17.8 Å². The molecule has 4 rings (SSSR count). The summed E-state index contributed by atoms with van der Waals surface area (Å²) in [5.41, 5.74) is 3.38. The van der Waals surface area contributed by atoms with E-state index in [9.17, 15) is 9.59 Å². The molecule has 1 aromatic heterocycles. The topological polar surface area (TPSA) is 45.6 Å². The number of Topliss-reactive ketones (excluding diaryl/α,β-unsaturated/α-hetero) is 1. The van der Waals surface area contributed by atoms with Crippen molar-refractivity contribution >= 4 is 46.5 Å². The third-order valence-corrected chi connectivity index (χ3v) is 7.38. The van der Waals surface area contributed by atoms with Crippen LogP contribution < -0.4 is 0 Å². The van der Waals surface area contributed by atoms with E-state index in [1.807, 2.05) is 22.8 Å². The Hall–Kier alpha value is -1.53. The third-order valence-electron chi connectivity index (χ3n) is 6.87. The quantitative estimate of drug-likeness (QED) is 0.419. The number of hydrogen-bond acceptors (Lipinski definition) is 3. The van der Waals surface area contributed by atoms with Gasteiger partial charge in [0.25, 0.3) is 9.70 Å². The Labute approximate surface area is 204 Å². The van der Waals surface area contributed by atoms with Crippen LogP contribution in [-0.4, -0.2) is 50.5 Å². The summed E-state index contributed by atoms with van der Waals surface area (Å²) < 4.78 is 0.0265. The fourth-order valence-corrected chi connectivity index (χ4v) is 5.51. The molecule has 0 atom stereocenters. The van der Waals surface area contributed by atoms with Crippen LogP contribution in [0, 0.1) is 0 Å². The van der Waals surface area contributed by atoms with Gasteiger partial charge in [-0.3, -0.25) is 14.5 Å². The molecule has 2 heterocycles. The predicted molar refractivity (Wildman–Crippen MR) is 129 cm³/mol. The molecule has 0 bridgehead atoms. The van der Waals surface area contributed by atoms with Crippen molar-refractivity contribution < 1.29 is 9.59 Å². The highest BCUT2D eigenvalue weighted by atomic mass is 35.6. The number of amides is 1. The van der Waals surface area contributed by atoms with Gasteiger partial charge >= 0.3 is 0 Å². The lowest BCUT2D eigenvalue weighted by molar-refractivity contribution is 0.0231. The zero-order valence-electron chi connectivity index (χ0n) is 18.4. The smallest absolute Gasteiger partial charge is 0.255 e. The molecule has 8 heteroatoms. The van der Waals surface area contributed by atoms with Gasteiger partial charge in [0.2, 0.25) is 5.78 Å². The van der Waals surface area contributed by atoms with Gasteiger partial charge in [-0.25, -0.2) is 0 Å².